The molecule has 1 nitrogen and oxygen atoms in total. The normalized spacial score (nSPS) is 12.7. The van der Waals surface area contributed by atoms with Crippen molar-refractivity contribution >= 4 is 59.1 Å². The van der Waals surface area contributed by atoms with E-state index in [0.29, 0.717) is 0 Å². The Morgan fingerprint density at radius 3 is 2.21 bits per heavy atom. The highest BCUT2D eigenvalue weighted by Crippen LogP contribution is 2.42. The van der Waals surface area contributed by atoms with Crippen LogP contribution >= 0.6 is 59.1 Å². The molecule has 0 saturated carbocycles. The minimum absolute atomic E-state index is 0.178. The zero-order chi connectivity index (χ0) is 14.0. The molecule has 0 spiro atoms. The molecule has 0 aliphatic heterocycles. The Morgan fingerprint density at radius 1 is 1.11 bits per heavy atom. The molecule has 19 heavy (non-hydrogen) atoms. The molecular formula is C14H13Br3OS. The fourth-order valence-electron chi connectivity index (χ4n) is 1.69. The van der Waals surface area contributed by atoms with Gasteiger partial charge in [0.2, 0.25) is 0 Å². The van der Waals surface area contributed by atoms with Crippen molar-refractivity contribution in [1.29, 1.82) is 0 Å². The summed E-state index contributed by atoms with van der Waals surface area (Å²) < 4.78 is 7.92. The number of ether oxygens (including phenoxy) is 1. The molecule has 0 aliphatic rings. The average Bonchev–Trinajstić information content (AvgIpc) is 2.68. The fourth-order valence-corrected chi connectivity index (χ4v) is 5.72. The molecule has 1 atom stereocenters. The Hall–Kier alpha value is 0.160. The zero-order valence-electron chi connectivity index (χ0n) is 10.5. The van der Waals surface area contributed by atoms with Gasteiger partial charge in [-0.2, -0.15) is 0 Å². The molecule has 5 heteroatoms. The van der Waals surface area contributed by atoms with Gasteiger partial charge in [-0.3, -0.25) is 0 Å². The van der Waals surface area contributed by atoms with Gasteiger partial charge in [0.05, 0.1) is 18.5 Å². The van der Waals surface area contributed by atoms with Crippen molar-refractivity contribution in [3.05, 3.63) is 49.0 Å². The van der Waals surface area contributed by atoms with E-state index in [2.05, 4.69) is 66.0 Å². The smallest absolute Gasteiger partial charge is 0.119 e. The van der Waals surface area contributed by atoms with Crippen LogP contribution in [0.2, 0.25) is 0 Å². The lowest BCUT2D eigenvalue weighted by molar-refractivity contribution is 0.242. The van der Waals surface area contributed by atoms with E-state index >= 15 is 0 Å². The monoisotopic (exact) mass is 466 g/mol. The molecule has 102 valence electrons. The number of halogens is 3. The highest BCUT2D eigenvalue weighted by Gasteiger charge is 2.16. The topological polar surface area (TPSA) is 9.23 Å². The van der Waals surface area contributed by atoms with Crippen LogP contribution in [0, 0.1) is 0 Å². The molecule has 0 amide bonds. The number of thiophene rings is 1. The summed E-state index contributed by atoms with van der Waals surface area (Å²) in [6.07, 6.45) is 0.201. The number of hydrogen-bond acceptors (Lipinski definition) is 2. The second kappa shape index (κ2) is 6.74. The standard InChI is InChI=1S/C14H13Br3OS/c1-8(2)18-10-5-3-9(4-6-10)13(16)11-7-12(15)19-14(11)17/h3-8,13H,1-2H3. The number of rotatable bonds is 4. The van der Waals surface area contributed by atoms with Gasteiger partial charge in [-0.15, -0.1) is 11.3 Å². The fraction of sp³-hybridized carbons (Fsp3) is 0.286. The summed E-state index contributed by atoms with van der Waals surface area (Å²) in [7, 11) is 0. The molecule has 0 bridgehead atoms. The lowest BCUT2D eigenvalue weighted by Gasteiger charge is -2.12. The zero-order valence-corrected chi connectivity index (χ0v) is 16.1. The van der Waals surface area contributed by atoms with E-state index in [1.165, 1.54) is 11.1 Å². The second-order valence-electron chi connectivity index (χ2n) is 4.38. The van der Waals surface area contributed by atoms with E-state index in [1.807, 2.05) is 26.0 Å². The molecule has 2 rings (SSSR count). The van der Waals surface area contributed by atoms with Gasteiger partial charge in [0.15, 0.2) is 0 Å². The van der Waals surface area contributed by atoms with Gasteiger partial charge < -0.3 is 4.74 Å². The Bertz CT molecular complexity index is 548. The van der Waals surface area contributed by atoms with E-state index in [0.717, 1.165) is 13.3 Å². The highest BCUT2D eigenvalue weighted by molar-refractivity contribution is 9.12. The van der Waals surface area contributed by atoms with Crippen molar-refractivity contribution in [3.8, 4) is 5.75 Å². The predicted octanol–water partition coefficient (Wildman–Crippen LogP) is 6.54. The van der Waals surface area contributed by atoms with Crippen molar-refractivity contribution in [3.63, 3.8) is 0 Å². The summed E-state index contributed by atoms with van der Waals surface area (Å²) >= 11 is 12.5. The molecule has 0 N–H and O–H groups in total. The lowest BCUT2D eigenvalue weighted by atomic mass is 10.1. The minimum Gasteiger partial charge on any atom is -0.491 e. The molecule has 0 fully saturated rings. The van der Waals surface area contributed by atoms with Crippen molar-refractivity contribution in [1.82, 2.24) is 0 Å². The van der Waals surface area contributed by atoms with Crippen molar-refractivity contribution in [2.75, 3.05) is 0 Å². The molecule has 0 saturated heterocycles. The number of benzene rings is 1. The van der Waals surface area contributed by atoms with Gasteiger partial charge in [-0.05, 0) is 75.0 Å². The van der Waals surface area contributed by atoms with Crippen LogP contribution in [0.4, 0.5) is 0 Å². The Balaban J connectivity index is 2.20. The average molecular weight is 469 g/mol. The first-order chi connectivity index (χ1) is 8.97. The minimum atomic E-state index is 0.178. The van der Waals surface area contributed by atoms with E-state index in [9.17, 15) is 0 Å². The molecule has 0 aliphatic carbocycles. The van der Waals surface area contributed by atoms with Crippen molar-refractivity contribution < 1.29 is 4.74 Å². The summed E-state index contributed by atoms with van der Waals surface area (Å²) in [5.41, 5.74) is 2.44. The van der Waals surface area contributed by atoms with Crippen LogP contribution in [0.1, 0.15) is 29.8 Å². The van der Waals surface area contributed by atoms with Gasteiger partial charge in [-0.25, -0.2) is 0 Å². The predicted molar refractivity (Wildman–Crippen MR) is 92.7 cm³/mol. The molecule has 1 aromatic heterocycles. The third kappa shape index (κ3) is 4.06. The molecule has 2 aromatic rings. The van der Waals surface area contributed by atoms with E-state index < -0.39 is 0 Å². The van der Waals surface area contributed by atoms with Crippen molar-refractivity contribution in [2.24, 2.45) is 0 Å². The van der Waals surface area contributed by atoms with E-state index in [-0.39, 0.29) is 10.9 Å². The quantitative estimate of drug-likeness (QED) is 0.462. The van der Waals surface area contributed by atoms with Gasteiger partial charge in [-0.1, -0.05) is 28.1 Å². The number of alkyl halides is 1. The van der Waals surface area contributed by atoms with Crippen LogP contribution in [-0.4, -0.2) is 6.10 Å². The van der Waals surface area contributed by atoms with Crippen LogP contribution in [0.15, 0.2) is 37.9 Å². The summed E-state index contributed by atoms with van der Waals surface area (Å²) in [6, 6.07) is 10.3. The molecular weight excluding hydrogens is 456 g/mol. The van der Waals surface area contributed by atoms with Gasteiger partial charge in [0.25, 0.3) is 0 Å². The summed E-state index contributed by atoms with van der Waals surface area (Å²) in [5.74, 6) is 0.906. The first-order valence-electron chi connectivity index (χ1n) is 5.83. The van der Waals surface area contributed by atoms with Crippen LogP contribution in [0.25, 0.3) is 0 Å². The van der Waals surface area contributed by atoms with Crippen molar-refractivity contribution in [2.45, 2.75) is 24.8 Å². The van der Waals surface area contributed by atoms with E-state index in [1.54, 1.807) is 11.3 Å². The second-order valence-corrected chi connectivity index (χ2v) is 9.04. The summed E-state index contributed by atoms with van der Waals surface area (Å²) in [5, 5.41) is 0. The number of hydrogen-bond donors (Lipinski definition) is 0. The lowest BCUT2D eigenvalue weighted by Crippen LogP contribution is -2.05. The van der Waals surface area contributed by atoms with Crippen LogP contribution in [-0.2, 0) is 0 Å². The molecule has 1 aromatic carbocycles. The van der Waals surface area contributed by atoms with Crippen LogP contribution in [0.5, 0.6) is 5.75 Å². The maximum Gasteiger partial charge on any atom is 0.119 e. The SMILES string of the molecule is CC(C)Oc1ccc(C(Br)c2cc(Br)sc2Br)cc1. The third-order valence-electron chi connectivity index (χ3n) is 2.50. The first kappa shape index (κ1) is 15.5. The van der Waals surface area contributed by atoms with E-state index in [4.69, 9.17) is 4.74 Å². The Labute approximate surface area is 142 Å². The van der Waals surface area contributed by atoms with Gasteiger partial charge in [0, 0.05) is 0 Å². The summed E-state index contributed by atoms with van der Waals surface area (Å²) in [4.78, 5) is 0.178. The Morgan fingerprint density at radius 2 is 1.74 bits per heavy atom. The highest BCUT2D eigenvalue weighted by atomic mass is 79.9. The van der Waals surface area contributed by atoms with Crippen LogP contribution in [0.3, 0.4) is 0 Å². The van der Waals surface area contributed by atoms with Gasteiger partial charge in [0.1, 0.15) is 5.75 Å². The maximum atomic E-state index is 5.65. The largest absolute Gasteiger partial charge is 0.491 e. The Kier molecular flexibility index (Phi) is 5.52. The molecule has 1 unspecified atom stereocenters. The first-order valence-corrected chi connectivity index (χ1v) is 9.14. The van der Waals surface area contributed by atoms with Crippen LogP contribution < -0.4 is 4.74 Å². The summed E-state index contributed by atoms with van der Waals surface area (Å²) in [6.45, 7) is 4.06. The maximum absolute atomic E-state index is 5.65. The molecule has 1 heterocycles. The third-order valence-corrected chi connectivity index (χ3v) is 5.91. The van der Waals surface area contributed by atoms with Gasteiger partial charge >= 0.3 is 0 Å². The molecule has 0 radical (unpaired) electrons.